The first kappa shape index (κ1) is 27.6. The van der Waals surface area contributed by atoms with Crippen molar-refractivity contribution in [2.45, 2.75) is 103 Å². The van der Waals surface area contributed by atoms with E-state index in [4.69, 9.17) is 9.98 Å². The molecule has 0 aliphatic heterocycles. The maximum Gasteiger partial charge on any atom is 0.219 e. The first-order chi connectivity index (χ1) is 15.5. The number of aliphatic imine (C=N–C) groups is 2. The Bertz CT molecular complexity index is 864. The first-order valence-corrected chi connectivity index (χ1v) is 14.5. The van der Waals surface area contributed by atoms with Crippen LogP contribution in [-0.2, 0) is 0 Å². The van der Waals surface area contributed by atoms with Crippen LogP contribution in [0.25, 0.3) is 0 Å². The highest BCUT2D eigenvalue weighted by Gasteiger charge is 2.20. The zero-order valence-electron chi connectivity index (χ0n) is 22.8. The molecular formula is C30H44AlN2. The predicted molar refractivity (Wildman–Crippen MR) is 150 cm³/mol. The number of hydrogen-bond donors (Lipinski definition) is 0. The lowest BCUT2D eigenvalue weighted by atomic mass is 9.92. The molecule has 2 nitrogen and oxygen atoms in total. The number of rotatable bonds is 9. The van der Waals surface area contributed by atoms with Gasteiger partial charge >= 0.3 is 0 Å². The summed E-state index contributed by atoms with van der Waals surface area (Å²) in [6.45, 7) is 22.5. The van der Waals surface area contributed by atoms with Crippen molar-refractivity contribution >= 4 is 38.0 Å². The standard InChI is InChI=1S/C29H41N2.CH3.Al/c1-18(2)24-13-11-14-25(19(3)4)28(24)30-22(9)17-23(10)31-29-26(20(5)6)15-12-16-27(29)21(7)8;;/h11-21H,1-10H3;1H3;. The van der Waals surface area contributed by atoms with Crippen molar-refractivity contribution in [1.82, 2.24) is 0 Å². The average Bonchev–Trinajstić information content (AvgIpc) is 2.73. The summed E-state index contributed by atoms with van der Waals surface area (Å²) < 4.78 is 0.311. The van der Waals surface area contributed by atoms with E-state index in [1.807, 2.05) is 0 Å². The number of para-hydroxylation sites is 2. The normalized spacial score (nSPS) is 14.0. The van der Waals surface area contributed by atoms with E-state index in [0.29, 0.717) is 28.5 Å². The maximum absolute atomic E-state index is 5.31. The molecule has 2 rings (SSSR count). The van der Waals surface area contributed by atoms with Crippen LogP contribution in [-0.4, -0.2) is 26.6 Å². The van der Waals surface area contributed by atoms with Crippen molar-refractivity contribution in [2.75, 3.05) is 0 Å². The molecule has 0 fully saturated rings. The molecule has 0 amide bonds. The van der Waals surface area contributed by atoms with E-state index in [9.17, 15) is 0 Å². The minimum absolute atomic E-state index is 0.165. The monoisotopic (exact) mass is 459 g/mol. The van der Waals surface area contributed by atoms with E-state index in [1.165, 1.54) is 45.1 Å². The lowest BCUT2D eigenvalue weighted by Crippen LogP contribution is -2.18. The molecule has 2 aromatic rings. The van der Waals surface area contributed by atoms with Crippen LogP contribution in [0.3, 0.4) is 0 Å². The van der Waals surface area contributed by atoms with Gasteiger partial charge in [0.25, 0.3) is 0 Å². The maximum atomic E-state index is 5.31. The summed E-state index contributed by atoms with van der Waals surface area (Å²) in [6, 6.07) is 13.3. The smallest absolute Gasteiger partial charge is 0.219 e. The van der Waals surface area contributed by atoms with Crippen molar-refractivity contribution < 1.29 is 0 Å². The molecule has 33 heavy (non-hydrogen) atoms. The number of benzene rings is 2. The Kier molecular flexibility index (Phi) is 10.1. The third-order valence-corrected chi connectivity index (χ3v) is 8.13. The van der Waals surface area contributed by atoms with Crippen LogP contribution in [0.15, 0.2) is 46.4 Å². The molecule has 2 aromatic carbocycles. The van der Waals surface area contributed by atoms with Crippen molar-refractivity contribution in [3.05, 3.63) is 58.7 Å². The third-order valence-electron chi connectivity index (χ3n) is 6.49. The van der Waals surface area contributed by atoms with Crippen LogP contribution in [0.5, 0.6) is 0 Å². The van der Waals surface area contributed by atoms with Crippen LogP contribution in [0.1, 0.15) is 115 Å². The molecular weight excluding hydrogens is 415 g/mol. The zero-order chi connectivity index (χ0) is 24.9. The SMILES string of the molecule is [CH3][Al][CH](C(C)=Nc1c(C(C)C)cccc1C(C)C)C(C)=Nc1c(C(C)C)cccc1C(C)C. The second-order valence-corrected chi connectivity index (χ2v) is 11.8. The van der Waals surface area contributed by atoms with Crippen molar-refractivity contribution in [3.8, 4) is 0 Å². The van der Waals surface area contributed by atoms with Gasteiger partial charge in [0, 0.05) is 11.4 Å². The summed E-state index contributed by atoms with van der Waals surface area (Å²) in [5, 5.41) is 0. The molecule has 0 heterocycles. The largest absolute Gasteiger partial charge is 0.258 e. The topological polar surface area (TPSA) is 24.7 Å². The van der Waals surface area contributed by atoms with Crippen molar-refractivity contribution in [1.29, 1.82) is 0 Å². The zero-order valence-corrected chi connectivity index (χ0v) is 24.0. The Morgan fingerprint density at radius 2 is 0.848 bits per heavy atom. The summed E-state index contributed by atoms with van der Waals surface area (Å²) in [7, 11) is 0. The summed E-state index contributed by atoms with van der Waals surface area (Å²) in [5.74, 6) is 4.12. The average molecular weight is 460 g/mol. The molecule has 0 aliphatic carbocycles. The van der Waals surface area contributed by atoms with Gasteiger partial charge in [-0.2, -0.15) is 0 Å². The van der Waals surface area contributed by atoms with Gasteiger partial charge in [0.2, 0.25) is 15.2 Å². The Balaban J connectivity index is 2.62. The second kappa shape index (κ2) is 12.1. The van der Waals surface area contributed by atoms with E-state index in [0.717, 1.165) is 0 Å². The van der Waals surface area contributed by atoms with Crippen molar-refractivity contribution in [2.24, 2.45) is 9.98 Å². The van der Waals surface area contributed by atoms with Gasteiger partial charge < -0.3 is 0 Å². The molecule has 0 aromatic heterocycles. The molecule has 3 heteroatoms. The van der Waals surface area contributed by atoms with Crippen LogP contribution < -0.4 is 0 Å². The Morgan fingerprint density at radius 1 is 0.576 bits per heavy atom. The van der Waals surface area contributed by atoms with Gasteiger partial charge in [-0.25, -0.2) is 0 Å². The lowest BCUT2D eigenvalue weighted by Gasteiger charge is -2.21. The molecule has 0 N–H and O–H groups in total. The molecule has 1 radical (unpaired) electrons. The Hall–Kier alpha value is -1.69. The molecule has 0 saturated carbocycles. The highest BCUT2D eigenvalue weighted by molar-refractivity contribution is 6.51. The fourth-order valence-corrected chi connectivity index (χ4v) is 5.67. The summed E-state index contributed by atoms with van der Waals surface area (Å²) >= 11 is 0.165. The van der Waals surface area contributed by atoms with E-state index in [2.05, 4.69) is 111 Å². The fourth-order valence-electron chi connectivity index (χ4n) is 4.56. The second-order valence-electron chi connectivity index (χ2n) is 10.5. The van der Waals surface area contributed by atoms with Crippen molar-refractivity contribution in [3.63, 3.8) is 0 Å². The molecule has 0 atom stereocenters. The fraction of sp³-hybridized carbons (Fsp3) is 0.533. The number of nitrogens with zero attached hydrogens (tertiary/aromatic N) is 2. The molecule has 0 unspecified atom stereocenters. The van der Waals surface area contributed by atoms with Gasteiger partial charge in [-0.05, 0) is 64.6 Å². The highest BCUT2D eigenvalue weighted by atomic mass is 27.1. The molecule has 0 bridgehead atoms. The number of hydrogen-bond acceptors (Lipinski definition) is 2. The highest BCUT2D eigenvalue weighted by Crippen LogP contribution is 2.37. The first-order valence-electron chi connectivity index (χ1n) is 12.6. The summed E-state index contributed by atoms with van der Waals surface area (Å²) in [6.07, 6.45) is 0. The molecule has 0 saturated heterocycles. The van der Waals surface area contributed by atoms with Gasteiger partial charge in [0.05, 0.1) is 11.4 Å². The van der Waals surface area contributed by atoms with Gasteiger partial charge in [-0.1, -0.05) is 91.8 Å². The van der Waals surface area contributed by atoms with Crippen LogP contribution in [0.2, 0.25) is 10.6 Å². The van der Waals surface area contributed by atoms with E-state index in [-0.39, 0.29) is 15.2 Å². The predicted octanol–water partition coefficient (Wildman–Crippen LogP) is 9.61. The van der Waals surface area contributed by atoms with E-state index < -0.39 is 0 Å². The van der Waals surface area contributed by atoms with Gasteiger partial charge in [0.15, 0.2) is 0 Å². The summed E-state index contributed by atoms with van der Waals surface area (Å²) in [4.78, 5) is 10.6. The Morgan fingerprint density at radius 3 is 1.06 bits per heavy atom. The van der Waals surface area contributed by atoms with E-state index in [1.54, 1.807) is 0 Å². The quantitative estimate of drug-likeness (QED) is 0.263. The van der Waals surface area contributed by atoms with Gasteiger partial charge in [0.1, 0.15) is 0 Å². The summed E-state index contributed by atoms with van der Waals surface area (Å²) in [5.41, 5.74) is 10.1. The van der Waals surface area contributed by atoms with Crippen LogP contribution in [0.4, 0.5) is 11.4 Å². The van der Waals surface area contributed by atoms with E-state index >= 15 is 0 Å². The minimum Gasteiger partial charge on any atom is -0.258 e. The van der Waals surface area contributed by atoms with Gasteiger partial charge in [-0.15, -0.1) is 5.79 Å². The minimum atomic E-state index is 0.165. The molecule has 177 valence electrons. The van der Waals surface area contributed by atoms with Crippen LogP contribution in [0, 0.1) is 0 Å². The van der Waals surface area contributed by atoms with Gasteiger partial charge in [-0.3, -0.25) is 9.98 Å². The molecule has 0 aliphatic rings. The Labute approximate surface area is 209 Å². The third kappa shape index (κ3) is 6.68. The lowest BCUT2D eigenvalue weighted by molar-refractivity contribution is 0.834. The molecule has 0 spiro atoms. The van der Waals surface area contributed by atoms with Crippen LogP contribution >= 0.6 is 0 Å².